The first-order chi connectivity index (χ1) is 7.00. The molecule has 0 radical (unpaired) electrons. The number of hydrogen-bond acceptors (Lipinski definition) is 1. The lowest BCUT2D eigenvalue weighted by molar-refractivity contribution is -0.265. The van der Waals surface area contributed by atoms with Crippen LogP contribution in [0.5, 0.6) is 0 Å². The molecule has 0 aliphatic carbocycles. The van der Waals surface area contributed by atoms with E-state index in [0.29, 0.717) is 0 Å². The Kier molecular flexibility index (Phi) is 3.66. The molecule has 0 amide bonds. The van der Waals surface area contributed by atoms with Gasteiger partial charge in [0.25, 0.3) is 0 Å². The average Bonchev–Trinajstić information content (AvgIpc) is 1.98. The van der Waals surface area contributed by atoms with Crippen molar-refractivity contribution in [2.75, 3.05) is 6.66 Å². The van der Waals surface area contributed by atoms with Crippen molar-refractivity contribution in [2.45, 2.75) is 23.7 Å². The summed E-state index contributed by atoms with van der Waals surface area (Å²) in [4.78, 5) is 0. The van der Waals surface area contributed by atoms with Gasteiger partial charge in [-0.1, -0.05) is 0 Å². The van der Waals surface area contributed by atoms with Crippen LogP contribution in [-0.4, -0.2) is 30.3 Å². The maximum Gasteiger partial charge on any atom is 0.461 e. The number of rotatable bonds is 2. The third-order valence-electron chi connectivity index (χ3n) is 1.75. The maximum absolute atomic E-state index is 12.4. The molecule has 0 spiro atoms. The second kappa shape index (κ2) is 3.76. The van der Waals surface area contributed by atoms with Gasteiger partial charge in [0.1, 0.15) is 0 Å². The molecule has 0 aromatic heterocycles. The van der Waals surface area contributed by atoms with Crippen LogP contribution < -0.4 is 0 Å². The molecule has 0 rings (SSSR count). The SMILES string of the molecule is CP(=O)(C(F)(F)C(F)(F)F)C(F)(F)C(F)(F)F. The number of halogens is 10. The van der Waals surface area contributed by atoms with Gasteiger partial charge in [-0.2, -0.15) is 43.9 Å². The molecule has 0 fully saturated rings. The summed E-state index contributed by atoms with van der Waals surface area (Å²) in [5.74, 6) is 0. The van der Waals surface area contributed by atoms with Gasteiger partial charge < -0.3 is 4.57 Å². The monoisotopic (exact) mass is 300 g/mol. The minimum Gasteiger partial charge on any atom is -0.310 e. The molecule has 0 aromatic carbocycles. The minimum atomic E-state index is -7.26. The van der Waals surface area contributed by atoms with E-state index in [4.69, 9.17) is 0 Å². The summed E-state index contributed by atoms with van der Waals surface area (Å²) < 4.78 is 130. The molecular weight excluding hydrogens is 297 g/mol. The lowest BCUT2D eigenvalue weighted by atomic mass is 10.7. The predicted molar refractivity (Wildman–Crippen MR) is 35.5 cm³/mol. The van der Waals surface area contributed by atoms with Gasteiger partial charge in [0.2, 0.25) is 7.14 Å². The minimum absolute atomic E-state index is 0.937. The first-order valence-electron chi connectivity index (χ1n) is 3.47. The van der Waals surface area contributed by atoms with Gasteiger partial charge >= 0.3 is 23.7 Å². The van der Waals surface area contributed by atoms with Crippen LogP contribution in [0, 0.1) is 0 Å². The summed E-state index contributed by atoms with van der Waals surface area (Å²) in [5, 5.41) is 0. The smallest absolute Gasteiger partial charge is 0.310 e. The van der Waals surface area contributed by atoms with Gasteiger partial charge in [0, 0.05) is 6.66 Å². The Morgan fingerprint density at radius 3 is 0.941 bits per heavy atom. The largest absolute Gasteiger partial charge is 0.461 e. The Morgan fingerprint density at radius 2 is 0.824 bits per heavy atom. The molecule has 0 bridgehead atoms. The highest BCUT2D eigenvalue weighted by Gasteiger charge is 2.81. The van der Waals surface area contributed by atoms with Gasteiger partial charge in [0.05, 0.1) is 0 Å². The molecule has 0 heterocycles. The summed E-state index contributed by atoms with van der Waals surface area (Å²) >= 11 is 0. The van der Waals surface area contributed by atoms with Crippen LogP contribution in [0.25, 0.3) is 0 Å². The van der Waals surface area contributed by atoms with Crippen molar-refractivity contribution in [3.63, 3.8) is 0 Å². The van der Waals surface area contributed by atoms with E-state index >= 15 is 0 Å². The second-order valence-corrected chi connectivity index (χ2v) is 5.97. The van der Waals surface area contributed by atoms with E-state index in [9.17, 15) is 48.5 Å². The van der Waals surface area contributed by atoms with Crippen LogP contribution in [-0.2, 0) is 4.57 Å². The molecule has 0 saturated heterocycles. The van der Waals surface area contributed by atoms with Crippen LogP contribution in [0.1, 0.15) is 0 Å². The number of hydrogen-bond donors (Lipinski definition) is 0. The summed E-state index contributed by atoms with van der Waals surface area (Å²) in [6, 6.07) is 0. The molecule has 0 N–H and O–H groups in total. The molecule has 0 aliphatic heterocycles. The Hall–Kier alpha value is -0.470. The van der Waals surface area contributed by atoms with Crippen LogP contribution in [0.15, 0.2) is 0 Å². The summed E-state index contributed by atoms with van der Waals surface area (Å²) in [5.41, 5.74) is -13.3. The van der Waals surface area contributed by atoms with E-state index in [2.05, 4.69) is 0 Å². The average molecular weight is 300 g/mol. The maximum atomic E-state index is 12.4. The Labute approximate surface area is 87.1 Å². The topological polar surface area (TPSA) is 17.1 Å². The van der Waals surface area contributed by atoms with E-state index < -0.39 is 37.5 Å². The highest BCUT2D eigenvalue weighted by atomic mass is 31.2. The normalized spacial score (nSPS) is 16.2. The second-order valence-electron chi connectivity index (χ2n) is 3.00. The zero-order valence-corrected chi connectivity index (χ0v) is 8.53. The highest BCUT2D eigenvalue weighted by molar-refractivity contribution is 7.65. The van der Waals surface area contributed by atoms with Crippen LogP contribution in [0.4, 0.5) is 43.9 Å². The third-order valence-corrected chi connectivity index (χ3v) is 4.40. The zero-order valence-electron chi connectivity index (χ0n) is 7.64. The summed E-state index contributed by atoms with van der Waals surface area (Å²) in [6.45, 7) is -0.937. The van der Waals surface area contributed by atoms with E-state index in [1.165, 1.54) is 0 Å². The molecule has 0 unspecified atom stereocenters. The lowest BCUT2D eigenvalue weighted by Gasteiger charge is -2.32. The van der Waals surface area contributed by atoms with Gasteiger partial charge in [0.15, 0.2) is 0 Å². The van der Waals surface area contributed by atoms with Crippen molar-refractivity contribution in [2.24, 2.45) is 0 Å². The highest BCUT2D eigenvalue weighted by Crippen LogP contribution is 2.75. The predicted octanol–water partition coefficient (Wildman–Crippen LogP) is 4.29. The standard InChI is InChI=1S/C5H3F10OP/c1-17(16,4(12,13)2(6,7)8)5(14,15)3(9,10)11/h1H3. The van der Waals surface area contributed by atoms with Gasteiger partial charge in [-0.15, -0.1) is 0 Å². The van der Waals surface area contributed by atoms with Crippen molar-refractivity contribution >= 4 is 7.14 Å². The fourth-order valence-corrected chi connectivity index (χ4v) is 1.98. The summed E-state index contributed by atoms with van der Waals surface area (Å²) in [6.07, 6.45) is -13.5. The third kappa shape index (κ3) is 2.25. The molecule has 0 saturated carbocycles. The molecule has 1 nitrogen and oxygen atoms in total. The molecular formula is C5H3F10OP. The van der Waals surface area contributed by atoms with E-state index in [1.807, 2.05) is 0 Å². The lowest BCUT2D eigenvalue weighted by Crippen LogP contribution is -2.46. The zero-order chi connectivity index (χ0) is 14.5. The molecule has 0 aliphatic rings. The van der Waals surface area contributed by atoms with Crippen molar-refractivity contribution in [3.05, 3.63) is 0 Å². The first-order valence-corrected chi connectivity index (χ1v) is 5.62. The van der Waals surface area contributed by atoms with Crippen LogP contribution in [0.3, 0.4) is 0 Å². The molecule has 17 heavy (non-hydrogen) atoms. The van der Waals surface area contributed by atoms with Gasteiger partial charge in [-0.3, -0.25) is 0 Å². The number of alkyl halides is 10. The molecule has 12 heteroatoms. The Balaban J connectivity index is 5.83. The molecule has 104 valence electrons. The van der Waals surface area contributed by atoms with Crippen molar-refractivity contribution < 1.29 is 48.5 Å². The van der Waals surface area contributed by atoms with Gasteiger partial charge in [-0.25, -0.2) is 0 Å². The Bertz CT molecular complexity index is 308. The quantitative estimate of drug-likeness (QED) is 0.549. The van der Waals surface area contributed by atoms with Crippen LogP contribution >= 0.6 is 7.14 Å². The van der Waals surface area contributed by atoms with E-state index in [-0.39, 0.29) is 0 Å². The van der Waals surface area contributed by atoms with E-state index in [0.717, 1.165) is 0 Å². The first kappa shape index (κ1) is 16.5. The van der Waals surface area contributed by atoms with Crippen molar-refractivity contribution in [1.82, 2.24) is 0 Å². The summed E-state index contributed by atoms with van der Waals surface area (Å²) in [7, 11) is -7.26. The van der Waals surface area contributed by atoms with E-state index in [1.54, 1.807) is 0 Å². The van der Waals surface area contributed by atoms with Crippen molar-refractivity contribution in [3.8, 4) is 0 Å². The molecule has 0 atom stereocenters. The van der Waals surface area contributed by atoms with Gasteiger partial charge in [-0.05, 0) is 0 Å². The fourth-order valence-electron chi connectivity index (χ4n) is 0.660. The molecule has 0 aromatic rings. The van der Waals surface area contributed by atoms with Crippen molar-refractivity contribution in [1.29, 1.82) is 0 Å². The van der Waals surface area contributed by atoms with Crippen LogP contribution in [0.2, 0.25) is 0 Å². The Morgan fingerprint density at radius 1 is 0.647 bits per heavy atom. The fraction of sp³-hybridized carbons (Fsp3) is 1.00.